The van der Waals surface area contributed by atoms with E-state index in [1.165, 1.54) is 25.0 Å². The Kier molecular flexibility index (Phi) is 5.93. The first-order chi connectivity index (χ1) is 19.2. The van der Waals surface area contributed by atoms with E-state index in [2.05, 4.69) is 35.0 Å². The summed E-state index contributed by atoms with van der Waals surface area (Å²) in [5.74, 6) is 0.678. The highest BCUT2D eigenvalue weighted by Gasteiger charge is 2.18. The number of ether oxygens (including phenoxy) is 1. The van der Waals surface area contributed by atoms with Crippen molar-refractivity contribution in [1.82, 2.24) is 40.0 Å². The molecule has 0 spiro atoms. The summed E-state index contributed by atoms with van der Waals surface area (Å²) in [7, 11) is 0. The zero-order valence-electron chi connectivity index (χ0n) is 21.1. The smallest absolute Gasteiger partial charge is 0.159 e. The van der Waals surface area contributed by atoms with Gasteiger partial charge in [0.05, 0.1) is 28.6 Å². The molecular weight excluding hydrogens is 495 g/mol. The van der Waals surface area contributed by atoms with Crippen molar-refractivity contribution in [2.24, 2.45) is 0 Å². The van der Waals surface area contributed by atoms with Crippen LogP contribution in [0.3, 0.4) is 0 Å². The van der Waals surface area contributed by atoms with Gasteiger partial charge in [0.1, 0.15) is 29.4 Å². The van der Waals surface area contributed by atoms with Gasteiger partial charge in [-0.05, 0) is 62.3 Å². The van der Waals surface area contributed by atoms with Crippen LogP contribution in [0.5, 0.6) is 5.75 Å². The van der Waals surface area contributed by atoms with Crippen LogP contribution in [-0.4, -0.2) is 66.3 Å². The van der Waals surface area contributed by atoms with Crippen LogP contribution in [0.1, 0.15) is 12.8 Å². The molecule has 1 aliphatic rings. The van der Waals surface area contributed by atoms with Gasteiger partial charge in [-0.15, -0.1) is 0 Å². The number of benzene rings is 1. The normalized spacial score (nSPS) is 14.0. The molecule has 1 fully saturated rings. The second-order valence-corrected chi connectivity index (χ2v) is 9.64. The van der Waals surface area contributed by atoms with Crippen molar-refractivity contribution in [2.45, 2.75) is 12.8 Å². The first kappa shape index (κ1) is 23.4. The summed E-state index contributed by atoms with van der Waals surface area (Å²) >= 11 is 0. The number of imidazole rings is 1. The highest BCUT2D eigenvalue weighted by molar-refractivity contribution is 5.96. The van der Waals surface area contributed by atoms with Crippen LogP contribution in [0.4, 0.5) is 4.39 Å². The van der Waals surface area contributed by atoms with Crippen LogP contribution in [0.2, 0.25) is 0 Å². The van der Waals surface area contributed by atoms with Gasteiger partial charge in [0.2, 0.25) is 0 Å². The fourth-order valence-corrected chi connectivity index (χ4v) is 5.12. The third-order valence-corrected chi connectivity index (χ3v) is 7.07. The number of rotatable bonds is 7. The molecule has 9 nitrogen and oxygen atoms in total. The number of hydrogen-bond acceptors (Lipinski definition) is 7. The minimum atomic E-state index is -0.382. The van der Waals surface area contributed by atoms with E-state index in [1.54, 1.807) is 24.8 Å². The third kappa shape index (κ3) is 4.59. The van der Waals surface area contributed by atoms with Crippen molar-refractivity contribution in [2.75, 3.05) is 26.2 Å². The highest BCUT2D eigenvalue weighted by Crippen LogP contribution is 2.33. The molecule has 6 aromatic rings. The lowest BCUT2D eigenvalue weighted by Gasteiger charge is -2.15. The van der Waals surface area contributed by atoms with Gasteiger partial charge in [-0.25, -0.2) is 9.37 Å². The summed E-state index contributed by atoms with van der Waals surface area (Å²) in [6, 6.07) is 12.3. The Morgan fingerprint density at radius 2 is 1.77 bits per heavy atom. The van der Waals surface area contributed by atoms with Gasteiger partial charge >= 0.3 is 0 Å². The predicted molar refractivity (Wildman–Crippen MR) is 147 cm³/mol. The average Bonchev–Trinajstić information content (AvgIpc) is 3.72. The molecule has 5 aromatic heterocycles. The molecule has 0 saturated carbocycles. The van der Waals surface area contributed by atoms with Crippen molar-refractivity contribution in [3.05, 3.63) is 73.1 Å². The Morgan fingerprint density at radius 1 is 0.897 bits per heavy atom. The van der Waals surface area contributed by atoms with E-state index in [9.17, 15) is 4.39 Å². The zero-order valence-corrected chi connectivity index (χ0v) is 21.1. The minimum absolute atomic E-state index is 0.382. The molecule has 0 unspecified atom stereocenters. The molecule has 6 heterocycles. The topological polar surface area (TPSA) is 108 Å². The zero-order chi connectivity index (χ0) is 26.2. The van der Waals surface area contributed by atoms with Crippen LogP contribution in [0, 0.1) is 5.82 Å². The Hall–Kier alpha value is -4.70. The largest absolute Gasteiger partial charge is 0.492 e. The molecule has 0 atom stereocenters. The van der Waals surface area contributed by atoms with Gasteiger partial charge in [0.15, 0.2) is 5.82 Å². The average molecular weight is 521 g/mol. The summed E-state index contributed by atoms with van der Waals surface area (Å²) in [4.78, 5) is 23.8. The van der Waals surface area contributed by atoms with E-state index in [4.69, 9.17) is 9.72 Å². The highest BCUT2D eigenvalue weighted by atomic mass is 19.1. The lowest BCUT2D eigenvalue weighted by atomic mass is 10.1. The summed E-state index contributed by atoms with van der Waals surface area (Å²) in [5, 5.41) is 8.44. The van der Waals surface area contributed by atoms with E-state index in [-0.39, 0.29) is 5.82 Å². The molecule has 0 bridgehead atoms. The second-order valence-electron chi connectivity index (χ2n) is 9.64. The number of hydrogen-bond donors (Lipinski definition) is 2. The molecule has 39 heavy (non-hydrogen) atoms. The molecular formula is C29H25FN8O. The first-order valence-corrected chi connectivity index (χ1v) is 13.0. The van der Waals surface area contributed by atoms with Gasteiger partial charge in [0, 0.05) is 47.7 Å². The van der Waals surface area contributed by atoms with E-state index in [1.807, 2.05) is 30.3 Å². The van der Waals surface area contributed by atoms with Gasteiger partial charge < -0.3 is 9.72 Å². The number of pyridine rings is 3. The summed E-state index contributed by atoms with van der Waals surface area (Å²) in [6.07, 6.45) is 9.37. The molecule has 0 aliphatic carbocycles. The molecule has 1 aliphatic heterocycles. The SMILES string of the molecule is Fc1cc(OCCN2CCCC2)cc(-c2nccc3[nH]c(-c4n[nH]c5cnc(-c6ccncc6)cc45)nc23)c1. The summed E-state index contributed by atoms with van der Waals surface area (Å²) in [5.41, 5.74) is 5.79. The maximum absolute atomic E-state index is 14.7. The van der Waals surface area contributed by atoms with Gasteiger partial charge in [-0.1, -0.05) is 0 Å². The number of fused-ring (bicyclic) bond motifs is 2. The molecule has 1 saturated heterocycles. The molecule has 10 heteroatoms. The Morgan fingerprint density at radius 3 is 2.64 bits per heavy atom. The Balaban J connectivity index is 1.23. The quantitative estimate of drug-likeness (QED) is 0.296. The van der Waals surface area contributed by atoms with Crippen LogP contribution in [-0.2, 0) is 0 Å². The number of nitrogens with zero attached hydrogens (tertiary/aromatic N) is 6. The van der Waals surface area contributed by atoms with Crippen LogP contribution in [0.15, 0.2) is 67.3 Å². The first-order valence-electron chi connectivity index (χ1n) is 13.0. The second kappa shape index (κ2) is 9.88. The molecule has 0 radical (unpaired) electrons. The van der Waals surface area contributed by atoms with Crippen LogP contribution >= 0.6 is 0 Å². The van der Waals surface area contributed by atoms with Gasteiger partial charge in [-0.2, -0.15) is 5.10 Å². The van der Waals surface area contributed by atoms with Crippen LogP contribution < -0.4 is 4.74 Å². The minimum Gasteiger partial charge on any atom is -0.492 e. The number of H-pyrrole nitrogens is 2. The van der Waals surface area contributed by atoms with E-state index in [0.717, 1.165) is 47.3 Å². The third-order valence-electron chi connectivity index (χ3n) is 7.07. The summed E-state index contributed by atoms with van der Waals surface area (Å²) in [6.45, 7) is 3.53. The van der Waals surface area contributed by atoms with Gasteiger partial charge in [-0.3, -0.25) is 25.0 Å². The molecule has 0 amide bonds. The van der Waals surface area contributed by atoms with E-state index in [0.29, 0.717) is 40.6 Å². The Bertz CT molecular complexity index is 1780. The lowest BCUT2D eigenvalue weighted by Crippen LogP contribution is -2.25. The maximum atomic E-state index is 14.7. The number of aromatic amines is 2. The van der Waals surface area contributed by atoms with Crippen molar-refractivity contribution in [3.8, 4) is 39.8 Å². The number of nitrogens with one attached hydrogen (secondary N) is 2. The maximum Gasteiger partial charge on any atom is 0.159 e. The molecule has 7 rings (SSSR count). The van der Waals surface area contributed by atoms with Crippen molar-refractivity contribution in [3.63, 3.8) is 0 Å². The monoisotopic (exact) mass is 520 g/mol. The van der Waals surface area contributed by atoms with Crippen molar-refractivity contribution in [1.29, 1.82) is 0 Å². The fraction of sp³-hybridized carbons (Fsp3) is 0.207. The van der Waals surface area contributed by atoms with Crippen molar-refractivity contribution < 1.29 is 9.13 Å². The predicted octanol–water partition coefficient (Wildman–Crippen LogP) is 5.24. The number of likely N-dealkylation sites (tertiary alicyclic amines) is 1. The standard InChI is InChI=1S/C29H25FN8O/c30-20-13-19(14-21(15-20)39-12-11-38-9-1-2-10-38)26-28-23(5-8-32-26)34-29(35-28)27-22-16-24(18-3-6-31-7-4-18)33-17-25(22)36-37-27/h3-8,13-17H,1-2,9-12H2,(H,34,35)(H,36,37). The van der Waals surface area contributed by atoms with Crippen molar-refractivity contribution >= 4 is 21.9 Å². The van der Waals surface area contributed by atoms with E-state index >= 15 is 0 Å². The molecule has 194 valence electrons. The lowest BCUT2D eigenvalue weighted by molar-refractivity contribution is 0.237. The Labute approximate surface area is 223 Å². The van der Waals surface area contributed by atoms with E-state index < -0.39 is 0 Å². The molecule has 2 N–H and O–H groups in total. The summed E-state index contributed by atoms with van der Waals surface area (Å²) < 4.78 is 20.6. The number of halogens is 1. The number of aromatic nitrogens is 7. The van der Waals surface area contributed by atoms with Gasteiger partial charge in [0.25, 0.3) is 0 Å². The molecule has 1 aromatic carbocycles. The fourth-order valence-electron chi connectivity index (χ4n) is 5.12. The van der Waals surface area contributed by atoms with Crippen LogP contribution in [0.25, 0.3) is 56.0 Å².